The molecule has 0 radical (unpaired) electrons. The molecule has 1 aliphatic carbocycles. The molecule has 0 unspecified atom stereocenters. The molecule has 0 aromatic heterocycles. The van der Waals surface area contributed by atoms with Crippen LogP contribution in [0.2, 0.25) is 0 Å². The zero-order valence-electron chi connectivity index (χ0n) is 22.8. The van der Waals surface area contributed by atoms with Gasteiger partial charge < -0.3 is 27.0 Å². The minimum absolute atomic E-state index is 0.228. The van der Waals surface area contributed by atoms with Crippen LogP contribution in [0.4, 0.5) is 0 Å². The fraction of sp³-hybridized carbons (Fsp3) is 0.344. The zero-order chi connectivity index (χ0) is 28.2. The van der Waals surface area contributed by atoms with Crippen LogP contribution >= 0.6 is 0 Å². The van der Waals surface area contributed by atoms with Crippen LogP contribution in [0.1, 0.15) is 63.4 Å². The van der Waals surface area contributed by atoms with Gasteiger partial charge in [-0.25, -0.2) is 0 Å². The number of amides is 3. The third-order valence-corrected chi connectivity index (χ3v) is 7.09. The minimum Gasteiger partial charge on any atom is -0.351 e. The van der Waals surface area contributed by atoms with E-state index in [0.717, 1.165) is 31.4 Å². The van der Waals surface area contributed by atoms with E-state index in [4.69, 9.17) is 5.73 Å². The van der Waals surface area contributed by atoms with E-state index in [2.05, 4.69) is 45.5 Å². The van der Waals surface area contributed by atoms with Crippen LogP contribution in [0.15, 0.2) is 84.9 Å². The van der Waals surface area contributed by atoms with Crippen LogP contribution in [0.3, 0.4) is 0 Å². The van der Waals surface area contributed by atoms with Crippen molar-refractivity contribution >= 4 is 17.7 Å². The largest absolute Gasteiger partial charge is 0.351 e. The lowest BCUT2D eigenvalue weighted by atomic mass is 10.1. The van der Waals surface area contributed by atoms with Crippen LogP contribution in [-0.4, -0.2) is 49.4 Å². The van der Waals surface area contributed by atoms with E-state index in [-0.39, 0.29) is 11.8 Å². The Balaban J connectivity index is 1.30. The minimum atomic E-state index is -0.691. The van der Waals surface area contributed by atoms with Crippen LogP contribution < -0.4 is 27.0 Å². The highest BCUT2D eigenvalue weighted by atomic mass is 16.2. The molecule has 0 bridgehead atoms. The van der Waals surface area contributed by atoms with E-state index in [9.17, 15) is 14.4 Å². The Hall–Kier alpha value is -4.01. The Labute approximate surface area is 236 Å². The summed E-state index contributed by atoms with van der Waals surface area (Å²) in [5.74, 6) is -0.344. The first-order valence-corrected chi connectivity index (χ1v) is 14.0. The SMILES string of the molecule is NCCNC(=O)c1cccc(C(=O)N[C@@H](CCCCN[C@H]2C[C@@H]2c2ccccc2)C(=O)NCc2ccccc2)c1. The van der Waals surface area contributed by atoms with Gasteiger partial charge >= 0.3 is 0 Å². The van der Waals surface area contributed by atoms with E-state index < -0.39 is 11.9 Å². The first kappa shape index (κ1) is 29.0. The Morgan fingerprint density at radius 1 is 0.800 bits per heavy atom. The molecular formula is C32H39N5O3. The molecule has 8 heteroatoms. The molecule has 3 aromatic carbocycles. The Morgan fingerprint density at radius 2 is 1.50 bits per heavy atom. The monoisotopic (exact) mass is 541 g/mol. The number of benzene rings is 3. The van der Waals surface area contributed by atoms with Crippen molar-refractivity contribution in [2.45, 2.75) is 50.2 Å². The van der Waals surface area contributed by atoms with E-state index >= 15 is 0 Å². The summed E-state index contributed by atoms with van der Waals surface area (Å²) >= 11 is 0. The third-order valence-electron chi connectivity index (χ3n) is 7.09. The second-order valence-corrected chi connectivity index (χ2v) is 10.2. The number of carbonyl (C=O) groups excluding carboxylic acids is 3. The van der Waals surface area contributed by atoms with E-state index in [1.165, 1.54) is 11.6 Å². The molecule has 0 saturated heterocycles. The molecule has 1 fully saturated rings. The molecule has 3 aromatic rings. The average molecular weight is 542 g/mol. The highest BCUT2D eigenvalue weighted by molar-refractivity contribution is 6.01. The van der Waals surface area contributed by atoms with E-state index in [1.54, 1.807) is 18.2 Å². The summed E-state index contributed by atoms with van der Waals surface area (Å²) in [5, 5.41) is 12.2. The third kappa shape index (κ3) is 8.76. The molecule has 3 atom stereocenters. The van der Waals surface area contributed by atoms with Crippen molar-refractivity contribution in [1.29, 1.82) is 0 Å². The maximum Gasteiger partial charge on any atom is 0.251 e. The summed E-state index contributed by atoms with van der Waals surface area (Å²) < 4.78 is 0. The van der Waals surface area contributed by atoms with Crippen molar-refractivity contribution in [3.8, 4) is 0 Å². The van der Waals surface area contributed by atoms with Gasteiger partial charge in [0.15, 0.2) is 0 Å². The van der Waals surface area contributed by atoms with Gasteiger partial charge in [0.2, 0.25) is 5.91 Å². The van der Waals surface area contributed by atoms with Gasteiger partial charge in [0.1, 0.15) is 6.04 Å². The van der Waals surface area contributed by atoms with Gasteiger partial charge in [-0.3, -0.25) is 14.4 Å². The lowest BCUT2D eigenvalue weighted by molar-refractivity contribution is -0.123. The van der Waals surface area contributed by atoms with Crippen LogP contribution in [0, 0.1) is 0 Å². The second-order valence-electron chi connectivity index (χ2n) is 10.2. The second kappa shape index (κ2) is 15.0. The molecule has 0 spiro atoms. The van der Waals surface area contributed by atoms with E-state index in [0.29, 0.717) is 49.1 Å². The van der Waals surface area contributed by atoms with Gasteiger partial charge in [0.25, 0.3) is 11.8 Å². The number of hydrogen-bond acceptors (Lipinski definition) is 5. The number of hydrogen-bond donors (Lipinski definition) is 5. The maximum atomic E-state index is 13.1. The standard InChI is InChI=1S/C32H39N5O3/c33-17-19-35-30(38)25-14-9-15-26(20-25)31(39)37-28(32(40)36-22-23-10-3-1-4-11-23)16-7-8-18-34-29-21-27(29)24-12-5-2-6-13-24/h1-6,9-15,20,27-29,34H,7-8,16-19,21-22,33H2,(H,35,38)(H,36,40)(H,37,39)/t27-,28+,29+/m1/s1. The molecule has 1 saturated carbocycles. The van der Waals surface area contributed by atoms with Gasteiger partial charge in [0.05, 0.1) is 0 Å². The van der Waals surface area contributed by atoms with Crippen LogP contribution in [0.5, 0.6) is 0 Å². The summed E-state index contributed by atoms with van der Waals surface area (Å²) in [6.45, 7) is 1.92. The summed E-state index contributed by atoms with van der Waals surface area (Å²) in [6.07, 6.45) is 3.33. The summed E-state index contributed by atoms with van der Waals surface area (Å²) in [5.41, 5.74) is 8.51. The fourth-order valence-corrected chi connectivity index (χ4v) is 4.76. The highest BCUT2D eigenvalue weighted by Gasteiger charge is 2.37. The molecular weight excluding hydrogens is 502 g/mol. The van der Waals surface area contributed by atoms with Crippen LogP contribution in [-0.2, 0) is 11.3 Å². The molecule has 3 amide bonds. The highest BCUT2D eigenvalue weighted by Crippen LogP contribution is 2.40. The van der Waals surface area contributed by atoms with Gasteiger partial charge in [-0.1, -0.05) is 66.7 Å². The van der Waals surface area contributed by atoms with Crippen molar-refractivity contribution in [1.82, 2.24) is 21.3 Å². The number of unbranched alkanes of at least 4 members (excludes halogenated alkanes) is 1. The molecule has 0 heterocycles. The quantitative estimate of drug-likeness (QED) is 0.189. The predicted molar refractivity (Wildman–Crippen MR) is 157 cm³/mol. The topological polar surface area (TPSA) is 125 Å². The number of carbonyl (C=O) groups is 3. The van der Waals surface area contributed by atoms with Crippen molar-refractivity contribution < 1.29 is 14.4 Å². The molecule has 40 heavy (non-hydrogen) atoms. The lowest BCUT2D eigenvalue weighted by Gasteiger charge is -2.19. The van der Waals surface area contributed by atoms with Gasteiger partial charge in [0, 0.05) is 42.7 Å². The van der Waals surface area contributed by atoms with Gasteiger partial charge in [-0.15, -0.1) is 0 Å². The number of nitrogens with one attached hydrogen (secondary N) is 4. The molecule has 1 aliphatic rings. The Morgan fingerprint density at radius 3 is 2.23 bits per heavy atom. The lowest BCUT2D eigenvalue weighted by Crippen LogP contribution is -2.46. The van der Waals surface area contributed by atoms with Gasteiger partial charge in [-0.2, -0.15) is 0 Å². The fourth-order valence-electron chi connectivity index (χ4n) is 4.76. The first-order valence-electron chi connectivity index (χ1n) is 14.0. The predicted octanol–water partition coefficient (Wildman–Crippen LogP) is 3.11. The molecule has 8 nitrogen and oxygen atoms in total. The number of nitrogens with two attached hydrogens (primary N) is 1. The Bertz CT molecular complexity index is 1250. The van der Waals surface area contributed by atoms with Crippen molar-refractivity contribution in [3.63, 3.8) is 0 Å². The first-order chi connectivity index (χ1) is 19.5. The smallest absolute Gasteiger partial charge is 0.251 e. The number of rotatable bonds is 15. The summed E-state index contributed by atoms with van der Waals surface area (Å²) in [4.78, 5) is 38.6. The van der Waals surface area contributed by atoms with Gasteiger partial charge in [-0.05, 0) is 61.6 Å². The molecule has 4 rings (SSSR count). The maximum absolute atomic E-state index is 13.1. The van der Waals surface area contributed by atoms with E-state index in [1.807, 2.05) is 36.4 Å². The summed E-state index contributed by atoms with van der Waals surface area (Å²) in [7, 11) is 0. The van der Waals surface area contributed by atoms with Crippen molar-refractivity contribution in [2.75, 3.05) is 19.6 Å². The van der Waals surface area contributed by atoms with Crippen LogP contribution in [0.25, 0.3) is 0 Å². The van der Waals surface area contributed by atoms with Crippen molar-refractivity contribution in [3.05, 3.63) is 107 Å². The normalized spacial score (nSPS) is 16.5. The summed E-state index contributed by atoms with van der Waals surface area (Å²) in [6, 6.07) is 26.5. The zero-order valence-corrected chi connectivity index (χ0v) is 22.8. The molecule has 0 aliphatic heterocycles. The average Bonchev–Trinajstić information content (AvgIpc) is 3.78. The van der Waals surface area contributed by atoms with Crippen molar-refractivity contribution in [2.24, 2.45) is 5.73 Å². The Kier molecular flexibility index (Phi) is 10.8. The molecule has 6 N–H and O–H groups in total. The molecule has 210 valence electrons.